The summed E-state index contributed by atoms with van der Waals surface area (Å²) in [6, 6.07) is 0. The van der Waals surface area contributed by atoms with Crippen molar-refractivity contribution in [1.29, 1.82) is 0 Å². The Bertz CT molecular complexity index is 351. The maximum atomic E-state index is 12.8. The van der Waals surface area contributed by atoms with Crippen molar-refractivity contribution < 1.29 is 39.3 Å². The molecule has 0 atom stereocenters. The molecule has 0 radical (unpaired) electrons. The van der Waals surface area contributed by atoms with Crippen LogP contribution >= 0.6 is 0 Å². The van der Waals surface area contributed by atoms with E-state index in [1.165, 1.54) is 0 Å². The summed E-state index contributed by atoms with van der Waals surface area (Å²) >= 11 is 0. The third-order valence-electron chi connectivity index (χ3n) is 2.38. The van der Waals surface area contributed by atoms with Crippen molar-refractivity contribution in [3.8, 4) is 0 Å². The molecular formula is C9H14F6O3S. The Balaban J connectivity index is 3.76. The zero-order valence-corrected chi connectivity index (χ0v) is 10.7. The molecule has 0 bridgehead atoms. The van der Waals surface area contributed by atoms with E-state index in [9.17, 15) is 34.9 Å². The van der Waals surface area contributed by atoms with Gasteiger partial charge >= 0.3 is 21.5 Å². The van der Waals surface area contributed by atoms with Gasteiger partial charge in [0.15, 0.2) is 0 Å². The van der Waals surface area contributed by atoms with Gasteiger partial charge in [-0.3, -0.25) is 0 Å². The number of halogens is 6. The molecule has 0 rings (SSSR count). The summed E-state index contributed by atoms with van der Waals surface area (Å²) in [7, 11) is -5.56. The van der Waals surface area contributed by atoms with Gasteiger partial charge in [-0.1, -0.05) is 23.7 Å². The highest BCUT2D eigenvalue weighted by Gasteiger charge is 2.46. The topological polar surface area (TPSA) is 43.4 Å². The molecular weight excluding hydrogens is 302 g/mol. The van der Waals surface area contributed by atoms with E-state index in [1.807, 2.05) is 0 Å². The van der Waals surface area contributed by atoms with Crippen LogP contribution in [0.4, 0.5) is 26.5 Å². The number of hydrogen-bond donors (Lipinski definition) is 0. The maximum Gasteiger partial charge on any atom is 0.389 e. The van der Waals surface area contributed by atoms with Crippen molar-refractivity contribution in [2.75, 3.05) is 0 Å². The first kappa shape index (κ1) is 18.5. The summed E-state index contributed by atoms with van der Waals surface area (Å²) in [6.45, 7) is 0. The monoisotopic (exact) mass is 316 g/mol. The summed E-state index contributed by atoms with van der Waals surface area (Å²) < 4.78 is 95.4. The van der Waals surface area contributed by atoms with E-state index in [-0.39, 0.29) is 32.1 Å². The van der Waals surface area contributed by atoms with E-state index < -0.39 is 34.4 Å². The molecule has 0 N–H and O–H groups in total. The van der Waals surface area contributed by atoms with Crippen LogP contribution in [0.2, 0.25) is 0 Å². The third kappa shape index (κ3) is 7.61. The lowest BCUT2D eigenvalue weighted by atomic mass is 10.1. The Labute approximate surface area is 107 Å². The molecule has 0 aromatic carbocycles. The second-order valence-electron chi connectivity index (χ2n) is 4.04. The van der Waals surface area contributed by atoms with E-state index in [0.29, 0.717) is 0 Å². The predicted molar refractivity (Wildman–Crippen MR) is 54.4 cm³/mol. The highest BCUT2D eigenvalue weighted by molar-refractivity contribution is 7.87. The second kappa shape index (κ2) is 7.32. The first-order valence-electron chi connectivity index (χ1n) is 5.51. The fraction of sp³-hybridized carbons (Fsp3) is 1.00. The Hall–Kier alpha value is -0.510. The first-order chi connectivity index (χ1) is 8.52. The molecule has 0 aliphatic carbocycles. The number of rotatable bonds is 9. The smallest absolute Gasteiger partial charge is 0.190 e. The molecule has 0 amide bonds. The van der Waals surface area contributed by atoms with Gasteiger partial charge < -0.3 is 0 Å². The molecule has 0 unspecified atom stereocenters. The van der Waals surface area contributed by atoms with Crippen LogP contribution < -0.4 is 0 Å². The van der Waals surface area contributed by atoms with Gasteiger partial charge in [-0.25, -0.2) is 0 Å². The molecule has 10 heteroatoms. The lowest BCUT2D eigenvalue weighted by Crippen LogP contribution is -2.28. The number of hydrogen-bond acceptors (Lipinski definition) is 3. The van der Waals surface area contributed by atoms with Gasteiger partial charge in [-0.2, -0.15) is 30.4 Å². The maximum absolute atomic E-state index is 12.8. The Morgan fingerprint density at radius 3 is 1.63 bits per heavy atom. The second-order valence-corrected chi connectivity index (χ2v) is 5.67. The fourth-order valence-corrected chi connectivity index (χ4v) is 1.84. The van der Waals surface area contributed by atoms with Gasteiger partial charge in [0.1, 0.15) is 0 Å². The highest BCUT2D eigenvalue weighted by atomic mass is 32.2. The summed E-state index contributed by atoms with van der Waals surface area (Å²) in [5.74, 6) is 0. The van der Waals surface area contributed by atoms with Crippen molar-refractivity contribution in [3.05, 3.63) is 0 Å². The van der Waals surface area contributed by atoms with E-state index in [4.69, 9.17) is 0 Å². The zero-order chi connectivity index (χ0) is 15.2. The van der Waals surface area contributed by atoms with Gasteiger partial charge in [-0.15, -0.1) is 0 Å². The van der Waals surface area contributed by atoms with Crippen molar-refractivity contribution in [2.24, 2.45) is 0 Å². The average molecular weight is 316 g/mol. The molecule has 19 heavy (non-hydrogen) atoms. The molecule has 0 heterocycles. The van der Waals surface area contributed by atoms with Crippen LogP contribution in [0.1, 0.15) is 44.9 Å². The molecule has 0 saturated carbocycles. The Morgan fingerprint density at radius 2 is 1.21 bits per heavy atom. The SMILES string of the molecule is O=S(=O)(OF)C(F)(F)CCCCCCCC(F)(F)F. The third-order valence-corrected chi connectivity index (χ3v) is 3.48. The minimum atomic E-state index is -5.56. The zero-order valence-electron chi connectivity index (χ0n) is 9.85. The standard InChI is InChI=1S/C9H14F6O3S/c10-8(11,12)6-4-2-1-3-5-7-9(13,14)19(16,17)18-15/h1-7H2. The van der Waals surface area contributed by atoms with Crippen LogP contribution in [-0.4, -0.2) is 19.8 Å². The van der Waals surface area contributed by atoms with Gasteiger partial charge in [0.05, 0.1) is 0 Å². The van der Waals surface area contributed by atoms with Crippen LogP contribution in [0.5, 0.6) is 0 Å². The molecule has 0 aromatic rings. The lowest BCUT2D eigenvalue weighted by molar-refractivity contribution is -0.135. The van der Waals surface area contributed by atoms with E-state index in [2.05, 4.69) is 4.39 Å². The Kier molecular flexibility index (Phi) is 7.12. The number of unbranched alkanes of at least 4 members (excludes halogenated alkanes) is 4. The van der Waals surface area contributed by atoms with Crippen LogP contribution in [0.3, 0.4) is 0 Å². The molecule has 0 aliphatic rings. The predicted octanol–water partition coefficient (Wildman–Crippen LogP) is 4.10. The quantitative estimate of drug-likeness (QED) is 0.475. The minimum absolute atomic E-state index is 0.105. The van der Waals surface area contributed by atoms with Crippen LogP contribution in [-0.2, 0) is 14.5 Å². The molecule has 0 aromatic heterocycles. The average Bonchev–Trinajstić information content (AvgIpc) is 2.26. The van der Waals surface area contributed by atoms with Crippen LogP contribution in [0.25, 0.3) is 0 Å². The van der Waals surface area contributed by atoms with E-state index in [1.54, 1.807) is 0 Å². The highest BCUT2D eigenvalue weighted by Crippen LogP contribution is 2.30. The normalized spacial score (nSPS) is 13.8. The molecule has 0 saturated heterocycles. The van der Waals surface area contributed by atoms with Gasteiger partial charge in [0.25, 0.3) is 0 Å². The van der Waals surface area contributed by atoms with Crippen molar-refractivity contribution in [3.63, 3.8) is 0 Å². The van der Waals surface area contributed by atoms with E-state index in [0.717, 1.165) is 0 Å². The largest absolute Gasteiger partial charge is 0.389 e. The van der Waals surface area contributed by atoms with Crippen molar-refractivity contribution >= 4 is 10.1 Å². The summed E-state index contributed by atoms with van der Waals surface area (Å²) in [5, 5.41) is -4.33. The molecule has 0 spiro atoms. The van der Waals surface area contributed by atoms with E-state index >= 15 is 0 Å². The molecule has 0 aliphatic heterocycles. The first-order valence-corrected chi connectivity index (χ1v) is 6.92. The molecule has 3 nitrogen and oxygen atoms in total. The summed E-state index contributed by atoms with van der Waals surface area (Å²) in [5.41, 5.74) is 0. The Morgan fingerprint density at radius 1 is 0.789 bits per heavy atom. The van der Waals surface area contributed by atoms with Crippen molar-refractivity contribution in [1.82, 2.24) is 0 Å². The summed E-state index contributed by atoms with van der Waals surface area (Å²) in [6.07, 6.45) is -6.05. The van der Waals surface area contributed by atoms with Crippen LogP contribution in [0.15, 0.2) is 0 Å². The van der Waals surface area contributed by atoms with Crippen LogP contribution in [0, 0.1) is 0 Å². The number of alkyl halides is 5. The fourth-order valence-electron chi connectivity index (χ4n) is 1.36. The molecule has 0 fully saturated rings. The molecule has 116 valence electrons. The summed E-state index contributed by atoms with van der Waals surface area (Å²) in [4.78, 5) is 0. The van der Waals surface area contributed by atoms with Gasteiger partial charge in [0.2, 0.25) is 0 Å². The van der Waals surface area contributed by atoms with Gasteiger partial charge in [0, 0.05) is 12.8 Å². The minimum Gasteiger partial charge on any atom is -0.190 e. The van der Waals surface area contributed by atoms with Gasteiger partial charge in [-0.05, 0) is 17.4 Å². The lowest BCUT2D eigenvalue weighted by Gasteiger charge is -2.12. The van der Waals surface area contributed by atoms with Crippen molar-refractivity contribution in [2.45, 2.75) is 56.4 Å².